The van der Waals surface area contributed by atoms with Gasteiger partial charge in [0.05, 0.1) is 25.5 Å². The molecule has 1 aliphatic heterocycles. The summed E-state index contributed by atoms with van der Waals surface area (Å²) in [5.41, 5.74) is 0. The van der Waals surface area contributed by atoms with E-state index in [4.69, 9.17) is 4.74 Å². The van der Waals surface area contributed by atoms with E-state index in [0.717, 1.165) is 43.8 Å². The molecule has 0 atom stereocenters. The van der Waals surface area contributed by atoms with Crippen LogP contribution in [0.25, 0.3) is 0 Å². The minimum absolute atomic E-state index is 0.639. The first kappa shape index (κ1) is 16.3. The number of hydrogen-bond donors (Lipinski definition) is 1. The van der Waals surface area contributed by atoms with E-state index < -0.39 is 0 Å². The van der Waals surface area contributed by atoms with Crippen molar-refractivity contribution >= 4 is 11.8 Å². The first-order chi connectivity index (χ1) is 10.9. The van der Waals surface area contributed by atoms with Crippen molar-refractivity contribution in [3.8, 4) is 0 Å². The smallest absolute Gasteiger partial charge is 0.191 e. The second-order valence-corrected chi connectivity index (χ2v) is 7.44. The third-order valence-electron chi connectivity index (χ3n) is 4.92. The fraction of sp³-hybridized carbons (Fsp3) is 0.875. The molecule has 22 heavy (non-hydrogen) atoms. The highest BCUT2D eigenvalue weighted by Crippen LogP contribution is 2.33. The lowest BCUT2D eigenvalue weighted by Crippen LogP contribution is -3.14. The largest absolute Gasteiger partial charge is 0.370 e. The maximum atomic E-state index is 5.42. The molecule has 0 aromatic carbocycles. The zero-order valence-corrected chi connectivity index (χ0v) is 14.5. The van der Waals surface area contributed by atoms with Crippen molar-refractivity contribution in [1.29, 1.82) is 0 Å². The van der Waals surface area contributed by atoms with Crippen molar-refractivity contribution in [3.63, 3.8) is 0 Å². The van der Waals surface area contributed by atoms with Gasteiger partial charge in [0.2, 0.25) is 0 Å². The summed E-state index contributed by atoms with van der Waals surface area (Å²) < 4.78 is 7.77. The van der Waals surface area contributed by atoms with Crippen LogP contribution < -0.4 is 4.90 Å². The van der Waals surface area contributed by atoms with Crippen molar-refractivity contribution in [1.82, 2.24) is 14.8 Å². The summed E-state index contributed by atoms with van der Waals surface area (Å²) in [6, 6.07) is 0. The lowest BCUT2D eigenvalue weighted by atomic mass is 9.89. The van der Waals surface area contributed by atoms with Crippen LogP contribution in [0.15, 0.2) is 5.16 Å². The zero-order valence-electron chi connectivity index (χ0n) is 13.7. The van der Waals surface area contributed by atoms with E-state index in [1.54, 1.807) is 4.90 Å². The molecule has 3 rings (SSSR count). The Morgan fingerprint density at radius 1 is 1.18 bits per heavy atom. The quantitative estimate of drug-likeness (QED) is 0.802. The molecule has 124 valence electrons. The Kier molecular flexibility index (Phi) is 6.15. The average molecular weight is 326 g/mol. The zero-order chi connectivity index (χ0) is 15.2. The van der Waals surface area contributed by atoms with Gasteiger partial charge in [0.25, 0.3) is 0 Å². The molecule has 1 aliphatic carbocycles. The van der Waals surface area contributed by atoms with Crippen LogP contribution in [-0.2, 0) is 11.3 Å². The summed E-state index contributed by atoms with van der Waals surface area (Å²) >= 11 is 1.88. The van der Waals surface area contributed by atoms with Gasteiger partial charge in [0.15, 0.2) is 5.16 Å². The van der Waals surface area contributed by atoms with E-state index in [9.17, 15) is 0 Å². The number of rotatable bonds is 6. The highest BCUT2D eigenvalue weighted by molar-refractivity contribution is 7.99. The fourth-order valence-corrected chi connectivity index (χ4v) is 4.61. The van der Waals surface area contributed by atoms with E-state index in [1.807, 2.05) is 11.8 Å². The molecular weight excluding hydrogens is 296 g/mol. The standard InChI is InChI=1S/C16H28N4OS/c1-2-20-15(14-6-4-3-5-7-14)17-18-16(20)22-13-10-19-8-11-21-12-9-19/h14H,2-13H2,1H3/p+1. The minimum Gasteiger partial charge on any atom is -0.370 e. The lowest BCUT2D eigenvalue weighted by Gasteiger charge is -2.23. The van der Waals surface area contributed by atoms with Gasteiger partial charge >= 0.3 is 0 Å². The van der Waals surface area contributed by atoms with E-state index in [2.05, 4.69) is 21.7 Å². The third-order valence-corrected chi connectivity index (χ3v) is 5.89. The Hall–Kier alpha value is -0.590. The number of nitrogens with zero attached hydrogens (tertiary/aromatic N) is 3. The Morgan fingerprint density at radius 3 is 2.68 bits per heavy atom. The van der Waals surface area contributed by atoms with Gasteiger partial charge in [0, 0.05) is 12.5 Å². The van der Waals surface area contributed by atoms with Gasteiger partial charge in [-0.05, 0) is 19.8 Å². The molecular formula is C16H29N4OS+. The number of nitrogens with one attached hydrogen (secondary N) is 1. The highest BCUT2D eigenvalue weighted by atomic mass is 32.2. The van der Waals surface area contributed by atoms with Crippen LogP contribution in [0.2, 0.25) is 0 Å². The van der Waals surface area contributed by atoms with Crippen LogP contribution in [0.4, 0.5) is 0 Å². The van der Waals surface area contributed by atoms with E-state index >= 15 is 0 Å². The average Bonchev–Trinajstić information content (AvgIpc) is 2.99. The van der Waals surface area contributed by atoms with Crippen LogP contribution in [0.5, 0.6) is 0 Å². The van der Waals surface area contributed by atoms with Crippen LogP contribution in [-0.4, -0.2) is 53.4 Å². The molecule has 0 bridgehead atoms. The molecule has 1 aromatic heterocycles. The van der Waals surface area contributed by atoms with Crippen molar-refractivity contribution in [2.75, 3.05) is 38.6 Å². The molecule has 1 aromatic rings. The number of aromatic nitrogens is 3. The van der Waals surface area contributed by atoms with Crippen LogP contribution in [0.3, 0.4) is 0 Å². The predicted molar refractivity (Wildman–Crippen MR) is 88.6 cm³/mol. The van der Waals surface area contributed by atoms with Crippen LogP contribution >= 0.6 is 11.8 Å². The van der Waals surface area contributed by atoms with Crippen molar-refractivity contribution < 1.29 is 9.64 Å². The number of hydrogen-bond acceptors (Lipinski definition) is 4. The number of thioether (sulfide) groups is 1. The second-order valence-electron chi connectivity index (χ2n) is 6.38. The van der Waals surface area contributed by atoms with E-state index in [0.29, 0.717) is 5.92 Å². The Bertz CT molecular complexity index is 453. The van der Waals surface area contributed by atoms with Crippen LogP contribution in [0.1, 0.15) is 50.8 Å². The predicted octanol–water partition coefficient (Wildman–Crippen LogP) is 1.35. The van der Waals surface area contributed by atoms with E-state index in [1.165, 1.54) is 44.5 Å². The molecule has 5 nitrogen and oxygen atoms in total. The first-order valence-corrected chi connectivity index (χ1v) is 9.84. The number of quaternary nitrogens is 1. The highest BCUT2D eigenvalue weighted by Gasteiger charge is 2.23. The topological polar surface area (TPSA) is 44.4 Å². The first-order valence-electron chi connectivity index (χ1n) is 8.85. The van der Waals surface area contributed by atoms with Gasteiger partial charge in [-0.1, -0.05) is 31.0 Å². The Balaban J connectivity index is 1.55. The molecule has 1 N–H and O–H groups in total. The molecule has 1 saturated carbocycles. The summed E-state index contributed by atoms with van der Waals surface area (Å²) in [4.78, 5) is 1.66. The molecule has 0 amide bonds. The molecule has 1 saturated heterocycles. The van der Waals surface area contributed by atoms with Gasteiger partial charge in [-0.25, -0.2) is 0 Å². The maximum Gasteiger partial charge on any atom is 0.191 e. The van der Waals surface area contributed by atoms with Crippen molar-refractivity contribution in [3.05, 3.63) is 5.82 Å². The van der Waals surface area contributed by atoms with E-state index in [-0.39, 0.29) is 0 Å². The van der Waals surface area contributed by atoms with Gasteiger partial charge < -0.3 is 14.2 Å². The fourth-order valence-electron chi connectivity index (χ4n) is 3.56. The van der Waals surface area contributed by atoms with Gasteiger partial charge in [-0.3, -0.25) is 0 Å². The molecule has 2 fully saturated rings. The SMILES string of the molecule is CCn1c(SCC[NH+]2CCOCC2)nnc1C1CCCCC1. The minimum atomic E-state index is 0.639. The van der Waals surface area contributed by atoms with Gasteiger partial charge in [-0.2, -0.15) is 0 Å². The monoisotopic (exact) mass is 325 g/mol. The Morgan fingerprint density at radius 2 is 1.95 bits per heavy atom. The van der Waals surface area contributed by atoms with Crippen LogP contribution in [0, 0.1) is 0 Å². The molecule has 2 heterocycles. The molecule has 0 radical (unpaired) electrons. The Labute approximate surface area is 137 Å². The number of morpholine rings is 1. The summed E-state index contributed by atoms with van der Waals surface area (Å²) in [6.45, 7) is 8.53. The molecule has 6 heteroatoms. The van der Waals surface area contributed by atoms with Gasteiger partial charge in [0.1, 0.15) is 18.9 Å². The summed E-state index contributed by atoms with van der Waals surface area (Å²) in [5, 5.41) is 10.1. The van der Waals surface area contributed by atoms with Crippen molar-refractivity contribution in [2.45, 2.75) is 56.6 Å². The maximum absolute atomic E-state index is 5.42. The number of ether oxygens (including phenoxy) is 1. The second kappa shape index (κ2) is 8.31. The molecule has 0 unspecified atom stereocenters. The van der Waals surface area contributed by atoms with Crippen molar-refractivity contribution in [2.24, 2.45) is 0 Å². The summed E-state index contributed by atoms with van der Waals surface area (Å²) in [5.74, 6) is 3.00. The van der Waals surface area contributed by atoms with Gasteiger partial charge in [-0.15, -0.1) is 10.2 Å². The summed E-state index contributed by atoms with van der Waals surface area (Å²) in [7, 11) is 0. The normalized spacial score (nSPS) is 21.3. The summed E-state index contributed by atoms with van der Waals surface area (Å²) in [6.07, 6.45) is 6.68. The molecule has 2 aliphatic rings. The third kappa shape index (κ3) is 4.03. The molecule has 0 spiro atoms. The lowest BCUT2D eigenvalue weighted by molar-refractivity contribution is -0.905.